The molecule has 0 aliphatic carbocycles. The lowest BCUT2D eigenvalue weighted by molar-refractivity contribution is 0.0998. The predicted octanol–water partition coefficient (Wildman–Crippen LogP) is 1.04. The highest BCUT2D eigenvalue weighted by Gasteiger charge is 2.23. The Balaban J connectivity index is 1.52. The summed E-state index contributed by atoms with van der Waals surface area (Å²) in [5.41, 5.74) is 9.13. The van der Waals surface area contributed by atoms with Gasteiger partial charge in [0.15, 0.2) is 0 Å². The Morgan fingerprint density at radius 3 is 3.05 bits per heavy atom. The van der Waals surface area contributed by atoms with Crippen molar-refractivity contribution in [2.24, 2.45) is 11.7 Å². The van der Waals surface area contributed by atoms with Crippen molar-refractivity contribution in [2.75, 3.05) is 6.54 Å². The number of carbonyl (C=O) groups is 1. The minimum absolute atomic E-state index is 0.386. The number of nitrogens with one attached hydrogen (secondary N) is 1. The standard InChI is InChI=1S/C16H21N5O/c1-11-2-4-13(19-6-11)8-18-7-12-3-5-15-14(16(17)22)9-20-21(15)10-12/h2,4,6,9,12,18H,3,5,7-8,10H2,1H3,(H2,17,22). The van der Waals surface area contributed by atoms with Gasteiger partial charge in [-0.05, 0) is 37.3 Å². The molecule has 3 heterocycles. The van der Waals surface area contributed by atoms with E-state index in [2.05, 4.69) is 21.5 Å². The Morgan fingerprint density at radius 1 is 1.45 bits per heavy atom. The molecule has 22 heavy (non-hydrogen) atoms. The zero-order chi connectivity index (χ0) is 15.5. The molecule has 0 spiro atoms. The van der Waals surface area contributed by atoms with E-state index < -0.39 is 0 Å². The molecule has 0 saturated heterocycles. The van der Waals surface area contributed by atoms with Crippen LogP contribution in [0.5, 0.6) is 0 Å². The number of pyridine rings is 1. The van der Waals surface area contributed by atoms with Crippen LogP contribution in [-0.2, 0) is 19.5 Å². The van der Waals surface area contributed by atoms with Gasteiger partial charge in [0.2, 0.25) is 0 Å². The van der Waals surface area contributed by atoms with Crippen molar-refractivity contribution in [3.63, 3.8) is 0 Å². The average molecular weight is 299 g/mol. The molecule has 0 aromatic carbocycles. The van der Waals surface area contributed by atoms with Crippen molar-refractivity contribution in [1.82, 2.24) is 20.1 Å². The van der Waals surface area contributed by atoms with Crippen LogP contribution in [0.1, 0.15) is 33.7 Å². The highest BCUT2D eigenvalue weighted by Crippen LogP contribution is 2.21. The number of nitrogens with two attached hydrogens (primary N) is 1. The maximum atomic E-state index is 11.3. The van der Waals surface area contributed by atoms with Crippen LogP contribution in [-0.4, -0.2) is 27.2 Å². The summed E-state index contributed by atoms with van der Waals surface area (Å²) in [6.07, 6.45) is 5.37. The van der Waals surface area contributed by atoms with E-state index >= 15 is 0 Å². The number of aromatic nitrogens is 3. The Morgan fingerprint density at radius 2 is 2.32 bits per heavy atom. The van der Waals surface area contributed by atoms with Crippen LogP contribution in [0, 0.1) is 12.8 Å². The molecular weight excluding hydrogens is 278 g/mol. The predicted molar refractivity (Wildman–Crippen MR) is 83.2 cm³/mol. The third-order valence-electron chi connectivity index (χ3n) is 4.15. The summed E-state index contributed by atoms with van der Waals surface area (Å²) < 4.78 is 1.92. The lowest BCUT2D eigenvalue weighted by atomic mass is 9.96. The topological polar surface area (TPSA) is 85.8 Å². The first-order valence-electron chi connectivity index (χ1n) is 7.60. The molecule has 1 amide bonds. The SMILES string of the molecule is Cc1ccc(CNCC2CCc3c(C(N)=O)cnn3C2)nc1. The first-order valence-corrected chi connectivity index (χ1v) is 7.60. The molecule has 0 saturated carbocycles. The number of primary amides is 1. The normalized spacial score (nSPS) is 17.2. The minimum atomic E-state index is -0.386. The van der Waals surface area contributed by atoms with E-state index in [0.29, 0.717) is 11.5 Å². The van der Waals surface area contributed by atoms with Gasteiger partial charge in [0.25, 0.3) is 5.91 Å². The van der Waals surface area contributed by atoms with E-state index in [9.17, 15) is 4.79 Å². The molecule has 116 valence electrons. The molecule has 1 unspecified atom stereocenters. The van der Waals surface area contributed by atoms with Crippen LogP contribution in [0.4, 0.5) is 0 Å². The third-order valence-corrected chi connectivity index (χ3v) is 4.15. The van der Waals surface area contributed by atoms with Crippen LogP contribution in [0.2, 0.25) is 0 Å². The van der Waals surface area contributed by atoms with E-state index in [1.807, 2.05) is 23.9 Å². The zero-order valence-corrected chi connectivity index (χ0v) is 12.7. The van der Waals surface area contributed by atoms with Gasteiger partial charge in [-0.3, -0.25) is 14.5 Å². The van der Waals surface area contributed by atoms with Gasteiger partial charge in [0, 0.05) is 25.8 Å². The molecule has 1 aliphatic heterocycles. The van der Waals surface area contributed by atoms with E-state index in [0.717, 1.165) is 43.9 Å². The number of amides is 1. The lowest BCUT2D eigenvalue weighted by Crippen LogP contribution is -2.31. The second-order valence-electron chi connectivity index (χ2n) is 5.91. The maximum absolute atomic E-state index is 11.3. The molecule has 0 radical (unpaired) electrons. The molecule has 6 nitrogen and oxygen atoms in total. The Hall–Kier alpha value is -2.21. The second kappa shape index (κ2) is 6.27. The number of hydrogen-bond donors (Lipinski definition) is 2. The summed E-state index contributed by atoms with van der Waals surface area (Å²) in [6, 6.07) is 4.12. The summed E-state index contributed by atoms with van der Waals surface area (Å²) in [5.74, 6) is 0.127. The van der Waals surface area contributed by atoms with Crippen molar-refractivity contribution in [3.8, 4) is 0 Å². The fraction of sp³-hybridized carbons (Fsp3) is 0.438. The van der Waals surface area contributed by atoms with Gasteiger partial charge in [0.1, 0.15) is 0 Å². The molecule has 1 atom stereocenters. The van der Waals surface area contributed by atoms with Gasteiger partial charge in [-0.2, -0.15) is 5.10 Å². The Labute approximate surface area is 129 Å². The van der Waals surface area contributed by atoms with E-state index in [1.54, 1.807) is 6.20 Å². The fourth-order valence-corrected chi connectivity index (χ4v) is 2.89. The van der Waals surface area contributed by atoms with Crippen molar-refractivity contribution >= 4 is 5.91 Å². The van der Waals surface area contributed by atoms with Crippen molar-refractivity contribution in [2.45, 2.75) is 32.9 Å². The lowest BCUT2D eigenvalue weighted by Gasteiger charge is -2.24. The summed E-state index contributed by atoms with van der Waals surface area (Å²) in [5, 5.41) is 7.74. The fourth-order valence-electron chi connectivity index (χ4n) is 2.89. The highest BCUT2D eigenvalue weighted by atomic mass is 16.1. The number of carbonyl (C=O) groups excluding carboxylic acids is 1. The van der Waals surface area contributed by atoms with Crippen molar-refractivity contribution in [3.05, 3.63) is 47.0 Å². The molecule has 3 rings (SSSR count). The number of fused-ring (bicyclic) bond motifs is 1. The van der Waals surface area contributed by atoms with Crippen molar-refractivity contribution < 1.29 is 4.79 Å². The highest BCUT2D eigenvalue weighted by molar-refractivity contribution is 5.93. The summed E-state index contributed by atoms with van der Waals surface area (Å²) in [4.78, 5) is 15.7. The van der Waals surface area contributed by atoms with Gasteiger partial charge in [-0.1, -0.05) is 6.07 Å². The van der Waals surface area contributed by atoms with Crippen LogP contribution < -0.4 is 11.1 Å². The van der Waals surface area contributed by atoms with Gasteiger partial charge in [0.05, 0.1) is 23.1 Å². The van der Waals surface area contributed by atoms with Gasteiger partial charge in [-0.25, -0.2) is 0 Å². The molecule has 3 N–H and O–H groups in total. The first-order chi connectivity index (χ1) is 10.6. The van der Waals surface area contributed by atoms with Crippen molar-refractivity contribution in [1.29, 1.82) is 0 Å². The van der Waals surface area contributed by atoms with Crippen LogP contribution in [0.15, 0.2) is 24.5 Å². The smallest absolute Gasteiger partial charge is 0.252 e. The molecule has 0 fully saturated rings. The number of aryl methyl sites for hydroxylation is 1. The molecule has 6 heteroatoms. The quantitative estimate of drug-likeness (QED) is 0.863. The largest absolute Gasteiger partial charge is 0.365 e. The Bertz CT molecular complexity index is 662. The minimum Gasteiger partial charge on any atom is -0.365 e. The van der Waals surface area contributed by atoms with E-state index in [1.165, 1.54) is 5.56 Å². The number of hydrogen-bond acceptors (Lipinski definition) is 4. The number of rotatable bonds is 5. The molecule has 1 aliphatic rings. The number of nitrogens with zero attached hydrogens (tertiary/aromatic N) is 3. The van der Waals surface area contributed by atoms with E-state index in [-0.39, 0.29) is 5.91 Å². The Kier molecular flexibility index (Phi) is 4.20. The molecule has 2 aromatic rings. The van der Waals surface area contributed by atoms with Crippen LogP contribution in [0.3, 0.4) is 0 Å². The molecule has 2 aromatic heterocycles. The maximum Gasteiger partial charge on any atom is 0.252 e. The summed E-state index contributed by atoms with van der Waals surface area (Å²) in [6.45, 7) is 4.56. The first kappa shape index (κ1) is 14.7. The molecule has 0 bridgehead atoms. The monoisotopic (exact) mass is 299 g/mol. The van der Waals surface area contributed by atoms with Crippen LogP contribution >= 0.6 is 0 Å². The average Bonchev–Trinajstić information content (AvgIpc) is 2.92. The van der Waals surface area contributed by atoms with Crippen LogP contribution in [0.25, 0.3) is 0 Å². The van der Waals surface area contributed by atoms with Gasteiger partial charge in [-0.15, -0.1) is 0 Å². The summed E-state index contributed by atoms with van der Waals surface area (Å²) in [7, 11) is 0. The van der Waals surface area contributed by atoms with Gasteiger partial charge < -0.3 is 11.1 Å². The zero-order valence-electron chi connectivity index (χ0n) is 12.7. The molecular formula is C16H21N5O. The summed E-state index contributed by atoms with van der Waals surface area (Å²) >= 11 is 0. The van der Waals surface area contributed by atoms with Gasteiger partial charge >= 0.3 is 0 Å². The second-order valence-corrected chi connectivity index (χ2v) is 5.91. The van der Waals surface area contributed by atoms with E-state index in [4.69, 9.17) is 5.73 Å². The third kappa shape index (κ3) is 3.17.